The van der Waals surface area contributed by atoms with Gasteiger partial charge in [-0.1, -0.05) is 65.1 Å². The minimum absolute atomic E-state index is 0.0806. The van der Waals surface area contributed by atoms with Gasteiger partial charge in [-0.15, -0.1) is 0 Å². The lowest BCUT2D eigenvalue weighted by atomic mass is 10.1. The van der Waals surface area contributed by atoms with Crippen LogP contribution in [0.4, 0.5) is 0 Å². The SMILES string of the molecule is CC(NC(=O)Cc1ccc(Cl)cc1)c1nc2ccccc2n1Cc1ccc(Cl)c(Cl)c1. The Balaban J connectivity index is 1.59. The zero-order valence-corrected chi connectivity index (χ0v) is 19.0. The van der Waals surface area contributed by atoms with Crippen molar-refractivity contribution in [3.05, 3.63) is 98.7 Å². The van der Waals surface area contributed by atoms with E-state index in [-0.39, 0.29) is 18.4 Å². The molecule has 4 nitrogen and oxygen atoms in total. The number of rotatable bonds is 6. The summed E-state index contributed by atoms with van der Waals surface area (Å²) in [5, 5.41) is 4.74. The maximum atomic E-state index is 12.6. The summed E-state index contributed by atoms with van der Waals surface area (Å²) in [5.41, 5.74) is 3.76. The molecule has 0 radical (unpaired) electrons. The van der Waals surface area contributed by atoms with Gasteiger partial charge in [-0.3, -0.25) is 4.79 Å². The lowest BCUT2D eigenvalue weighted by Crippen LogP contribution is -2.30. The second-order valence-electron chi connectivity index (χ2n) is 7.39. The highest BCUT2D eigenvalue weighted by molar-refractivity contribution is 6.42. The molecule has 1 N–H and O–H groups in total. The number of nitrogens with zero attached hydrogens (tertiary/aromatic N) is 2. The van der Waals surface area contributed by atoms with Gasteiger partial charge in [0.05, 0.1) is 33.5 Å². The average molecular weight is 473 g/mol. The van der Waals surface area contributed by atoms with E-state index in [0.717, 1.165) is 28.0 Å². The van der Waals surface area contributed by atoms with E-state index in [1.165, 1.54) is 0 Å². The quantitative estimate of drug-likeness (QED) is 0.350. The van der Waals surface area contributed by atoms with Gasteiger partial charge in [-0.25, -0.2) is 4.98 Å². The molecule has 3 aromatic carbocycles. The molecule has 1 heterocycles. The number of halogens is 3. The topological polar surface area (TPSA) is 46.9 Å². The molecule has 0 saturated carbocycles. The molecular formula is C24H20Cl3N3O. The fourth-order valence-electron chi connectivity index (χ4n) is 3.56. The first-order valence-corrected chi connectivity index (χ1v) is 11.0. The predicted octanol–water partition coefficient (Wildman–Crippen LogP) is 6.46. The predicted molar refractivity (Wildman–Crippen MR) is 127 cm³/mol. The minimum Gasteiger partial charge on any atom is -0.346 e. The van der Waals surface area contributed by atoms with Crippen molar-refractivity contribution in [1.29, 1.82) is 0 Å². The molecule has 0 fully saturated rings. The summed E-state index contributed by atoms with van der Waals surface area (Å²) in [6.07, 6.45) is 0.272. The summed E-state index contributed by atoms with van der Waals surface area (Å²) in [6, 6.07) is 20.5. The molecule has 31 heavy (non-hydrogen) atoms. The summed E-state index contributed by atoms with van der Waals surface area (Å²) >= 11 is 18.2. The molecule has 4 aromatic rings. The molecule has 0 aliphatic rings. The molecule has 7 heteroatoms. The number of amides is 1. The molecule has 0 aliphatic carbocycles. The fourth-order valence-corrected chi connectivity index (χ4v) is 4.00. The van der Waals surface area contributed by atoms with E-state index in [0.29, 0.717) is 21.6 Å². The van der Waals surface area contributed by atoms with Crippen LogP contribution in [0.15, 0.2) is 66.7 Å². The van der Waals surface area contributed by atoms with Gasteiger partial charge in [0.2, 0.25) is 5.91 Å². The van der Waals surface area contributed by atoms with Gasteiger partial charge in [0.25, 0.3) is 0 Å². The van der Waals surface area contributed by atoms with Crippen molar-refractivity contribution in [1.82, 2.24) is 14.9 Å². The van der Waals surface area contributed by atoms with Crippen LogP contribution in [0.2, 0.25) is 15.1 Å². The smallest absolute Gasteiger partial charge is 0.224 e. The fraction of sp³-hybridized carbons (Fsp3) is 0.167. The van der Waals surface area contributed by atoms with Crippen molar-refractivity contribution in [2.45, 2.75) is 25.9 Å². The molecule has 1 amide bonds. The highest BCUT2D eigenvalue weighted by Gasteiger charge is 2.19. The van der Waals surface area contributed by atoms with E-state index in [1.807, 2.05) is 55.5 Å². The Morgan fingerprint density at radius 2 is 1.68 bits per heavy atom. The number of hydrogen-bond acceptors (Lipinski definition) is 2. The van der Waals surface area contributed by atoms with Gasteiger partial charge in [0.1, 0.15) is 5.82 Å². The van der Waals surface area contributed by atoms with Crippen molar-refractivity contribution in [3.8, 4) is 0 Å². The minimum atomic E-state index is -0.282. The average Bonchev–Trinajstić information content (AvgIpc) is 3.11. The van der Waals surface area contributed by atoms with Crippen molar-refractivity contribution in [3.63, 3.8) is 0 Å². The third-order valence-electron chi connectivity index (χ3n) is 5.05. The summed E-state index contributed by atoms with van der Waals surface area (Å²) in [4.78, 5) is 17.4. The number of fused-ring (bicyclic) bond motifs is 1. The van der Waals surface area contributed by atoms with Crippen LogP contribution in [0.1, 0.15) is 29.9 Å². The summed E-state index contributed by atoms with van der Waals surface area (Å²) < 4.78 is 2.10. The lowest BCUT2D eigenvalue weighted by molar-refractivity contribution is -0.121. The molecule has 1 atom stereocenters. The number of benzene rings is 3. The Kier molecular flexibility index (Phi) is 6.51. The third kappa shape index (κ3) is 5.04. The molecule has 0 spiro atoms. The van der Waals surface area contributed by atoms with Crippen LogP contribution in [0.25, 0.3) is 11.0 Å². The molecular weight excluding hydrogens is 453 g/mol. The van der Waals surface area contributed by atoms with E-state index < -0.39 is 0 Å². The number of imidazole rings is 1. The largest absolute Gasteiger partial charge is 0.346 e. The van der Waals surface area contributed by atoms with Crippen LogP contribution in [0, 0.1) is 0 Å². The molecule has 1 aromatic heterocycles. The molecule has 0 saturated heterocycles. The Labute approximate surface area is 195 Å². The van der Waals surface area contributed by atoms with E-state index in [2.05, 4.69) is 9.88 Å². The van der Waals surface area contributed by atoms with E-state index in [9.17, 15) is 4.79 Å². The third-order valence-corrected chi connectivity index (χ3v) is 6.04. The molecule has 0 bridgehead atoms. The van der Waals surface area contributed by atoms with E-state index >= 15 is 0 Å². The number of carbonyl (C=O) groups is 1. The van der Waals surface area contributed by atoms with Crippen LogP contribution in [0.5, 0.6) is 0 Å². The summed E-state index contributed by atoms with van der Waals surface area (Å²) in [7, 11) is 0. The maximum absolute atomic E-state index is 12.6. The number of para-hydroxylation sites is 2. The van der Waals surface area contributed by atoms with Crippen LogP contribution in [-0.4, -0.2) is 15.5 Å². The summed E-state index contributed by atoms with van der Waals surface area (Å²) in [6.45, 7) is 2.50. The second kappa shape index (κ2) is 9.31. The van der Waals surface area contributed by atoms with Gasteiger partial charge in [-0.2, -0.15) is 0 Å². The van der Waals surface area contributed by atoms with Crippen molar-refractivity contribution in [2.24, 2.45) is 0 Å². The number of nitrogens with one attached hydrogen (secondary N) is 1. The molecule has 0 aliphatic heterocycles. The van der Waals surface area contributed by atoms with Gasteiger partial charge in [0.15, 0.2) is 0 Å². The molecule has 1 unspecified atom stereocenters. The Hall–Kier alpha value is -2.53. The number of carbonyl (C=O) groups excluding carboxylic acids is 1. The van der Waals surface area contributed by atoms with Gasteiger partial charge in [-0.05, 0) is 54.4 Å². The van der Waals surface area contributed by atoms with Crippen LogP contribution >= 0.6 is 34.8 Å². The molecule has 158 valence electrons. The van der Waals surface area contributed by atoms with Crippen LogP contribution in [-0.2, 0) is 17.8 Å². The highest BCUT2D eigenvalue weighted by Crippen LogP contribution is 2.26. The highest BCUT2D eigenvalue weighted by atomic mass is 35.5. The van der Waals surface area contributed by atoms with Crippen LogP contribution < -0.4 is 5.32 Å². The Bertz CT molecular complexity index is 1230. The number of hydrogen-bond donors (Lipinski definition) is 1. The normalized spacial score (nSPS) is 12.1. The summed E-state index contributed by atoms with van der Waals surface area (Å²) in [5.74, 6) is 0.694. The second-order valence-corrected chi connectivity index (χ2v) is 8.64. The first-order valence-electron chi connectivity index (χ1n) is 9.83. The van der Waals surface area contributed by atoms with Gasteiger partial charge < -0.3 is 9.88 Å². The van der Waals surface area contributed by atoms with Gasteiger partial charge in [0, 0.05) is 11.6 Å². The van der Waals surface area contributed by atoms with E-state index in [1.54, 1.807) is 18.2 Å². The number of aromatic nitrogens is 2. The Morgan fingerprint density at radius 1 is 0.968 bits per heavy atom. The van der Waals surface area contributed by atoms with Crippen molar-refractivity contribution < 1.29 is 4.79 Å². The zero-order valence-electron chi connectivity index (χ0n) is 16.8. The maximum Gasteiger partial charge on any atom is 0.224 e. The monoisotopic (exact) mass is 471 g/mol. The first-order chi connectivity index (χ1) is 14.9. The van der Waals surface area contributed by atoms with Crippen LogP contribution in [0.3, 0.4) is 0 Å². The zero-order chi connectivity index (χ0) is 22.0. The first kappa shape index (κ1) is 21.7. The van der Waals surface area contributed by atoms with Gasteiger partial charge >= 0.3 is 0 Å². The molecule has 4 rings (SSSR count). The van der Waals surface area contributed by atoms with E-state index in [4.69, 9.17) is 39.8 Å². The Morgan fingerprint density at radius 3 is 2.42 bits per heavy atom. The van der Waals surface area contributed by atoms with Crippen molar-refractivity contribution in [2.75, 3.05) is 0 Å². The lowest BCUT2D eigenvalue weighted by Gasteiger charge is -2.17. The standard InChI is InChI=1S/C24H20Cl3N3O/c1-15(28-23(31)13-16-6-9-18(25)10-7-16)24-29-21-4-2-3-5-22(21)30(24)14-17-8-11-19(26)20(27)12-17/h2-12,15H,13-14H2,1H3,(H,28,31). The van der Waals surface area contributed by atoms with Crippen molar-refractivity contribution >= 4 is 51.7 Å².